The van der Waals surface area contributed by atoms with E-state index in [4.69, 9.17) is 18.9 Å². The Hall–Kier alpha value is -3.13. The quantitative estimate of drug-likeness (QED) is 0.739. The first kappa shape index (κ1) is 18.2. The van der Waals surface area contributed by atoms with Gasteiger partial charge in [0.2, 0.25) is 12.5 Å². The van der Waals surface area contributed by atoms with Crippen molar-refractivity contribution in [3.8, 4) is 23.0 Å². The van der Waals surface area contributed by atoms with Gasteiger partial charge in [0.1, 0.15) is 5.75 Å². The van der Waals surface area contributed by atoms with Gasteiger partial charge in [0.05, 0.1) is 33.4 Å². The molecule has 0 radical (unpaired) electrons. The highest BCUT2D eigenvalue weighted by molar-refractivity contribution is 5.89. The molecule has 8 heteroatoms. The van der Waals surface area contributed by atoms with E-state index in [9.17, 15) is 4.79 Å². The molecule has 28 heavy (non-hydrogen) atoms. The van der Waals surface area contributed by atoms with Crippen LogP contribution in [0.4, 0.5) is 10.5 Å². The molecule has 0 fully saturated rings. The summed E-state index contributed by atoms with van der Waals surface area (Å²) in [6.07, 6.45) is 0.586. The summed E-state index contributed by atoms with van der Waals surface area (Å²) >= 11 is 0. The Morgan fingerprint density at radius 2 is 2.07 bits per heavy atom. The van der Waals surface area contributed by atoms with Crippen molar-refractivity contribution < 1.29 is 28.6 Å². The molecule has 4 rings (SSSR count). The number of rotatable bonds is 4. The van der Waals surface area contributed by atoms with Gasteiger partial charge in [-0.1, -0.05) is 6.07 Å². The van der Waals surface area contributed by atoms with Gasteiger partial charge >= 0.3 is 6.03 Å². The number of hydrogen-bond donors (Lipinski definition) is 3. The maximum atomic E-state index is 12.7. The number of urea groups is 1. The number of carbonyl (C=O) groups excluding carboxylic acids is 1. The Morgan fingerprint density at radius 1 is 1.21 bits per heavy atom. The second-order valence-electron chi connectivity index (χ2n) is 6.83. The molecular formula is C20H24N3O5+. The van der Waals surface area contributed by atoms with Crippen molar-refractivity contribution in [2.75, 3.05) is 39.9 Å². The van der Waals surface area contributed by atoms with E-state index in [0.29, 0.717) is 28.7 Å². The number of nitrogens with one attached hydrogen (secondary N) is 3. The number of hydrogen-bond acceptors (Lipinski definition) is 5. The van der Waals surface area contributed by atoms with Gasteiger partial charge < -0.3 is 29.2 Å². The number of quaternary nitrogens is 1. The maximum absolute atomic E-state index is 12.7. The van der Waals surface area contributed by atoms with Crippen molar-refractivity contribution in [1.82, 2.24) is 5.32 Å². The standard InChI is InChI=1S/C20H23N3O5/c1-23-8-7-12-9-15-17(28-11-27-15)18(26-3)16(12)19(23)22-20(24)21-13-5-4-6-14(10-13)25-2/h4-6,9-10,19H,7-8,11H2,1-3H3,(H2,21,22,24)/p+1/t19-/m1/s1. The summed E-state index contributed by atoms with van der Waals surface area (Å²) in [6.45, 7) is 1.05. The minimum Gasteiger partial charge on any atom is -0.497 e. The molecule has 0 spiro atoms. The number of likely N-dealkylation sites (N-methyl/N-ethyl adjacent to an activating group) is 1. The van der Waals surface area contributed by atoms with Gasteiger partial charge in [-0.25, -0.2) is 4.79 Å². The Bertz CT molecular complexity index is 902. The number of benzene rings is 2. The average molecular weight is 386 g/mol. The van der Waals surface area contributed by atoms with Crippen molar-refractivity contribution in [2.24, 2.45) is 0 Å². The highest BCUT2D eigenvalue weighted by atomic mass is 16.7. The molecule has 0 aromatic heterocycles. The van der Waals surface area contributed by atoms with Gasteiger partial charge in [-0.2, -0.15) is 0 Å². The Kier molecular flexibility index (Phi) is 4.87. The van der Waals surface area contributed by atoms with Crippen LogP contribution in [0.15, 0.2) is 30.3 Å². The summed E-state index contributed by atoms with van der Waals surface area (Å²) < 4.78 is 22.0. The number of fused-ring (bicyclic) bond motifs is 2. The molecule has 0 aliphatic carbocycles. The maximum Gasteiger partial charge on any atom is 0.324 e. The SMILES string of the molecule is COc1cccc(NC(=O)N[C@H]2c3c(cc4c(c3OC)OCO4)CC[NH+]2C)c1. The molecule has 0 bridgehead atoms. The van der Waals surface area contributed by atoms with Crippen LogP contribution in [-0.4, -0.2) is 40.6 Å². The molecule has 2 aliphatic heterocycles. The van der Waals surface area contributed by atoms with Gasteiger partial charge in [0.25, 0.3) is 0 Å². The second kappa shape index (κ2) is 7.47. The van der Waals surface area contributed by atoms with Crippen LogP contribution < -0.4 is 34.5 Å². The summed E-state index contributed by atoms with van der Waals surface area (Å²) in [6, 6.07) is 8.92. The molecule has 3 N–H and O–H groups in total. The normalized spacial score (nSPS) is 19.5. The van der Waals surface area contributed by atoms with Crippen molar-refractivity contribution in [3.63, 3.8) is 0 Å². The molecule has 2 atom stereocenters. The number of methoxy groups -OCH3 is 2. The zero-order valence-corrected chi connectivity index (χ0v) is 16.1. The average Bonchev–Trinajstić information content (AvgIpc) is 3.17. The van der Waals surface area contributed by atoms with E-state index in [1.165, 1.54) is 0 Å². The van der Waals surface area contributed by atoms with Crippen LogP contribution in [0.5, 0.6) is 23.0 Å². The van der Waals surface area contributed by atoms with Gasteiger partial charge in [-0.15, -0.1) is 0 Å². The van der Waals surface area contributed by atoms with Crippen LogP contribution in [0, 0.1) is 0 Å². The van der Waals surface area contributed by atoms with Crippen molar-refractivity contribution in [2.45, 2.75) is 12.6 Å². The van der Waals surface area contributed by atoms with E-state index < -0.39 is 0 Å². The topological polar surface area (TPSA) is 82.5 Å². The van der Waals surface area contributed by atoms with E-state index in [2.05, 4.69) is 10.6 Å². The van der Waals surface area contributed by atoms with Gasteiger partial charge in [-0.3, -0.25) is 5.32 Å². The van der Waals surface area contributed by atoms with E-state index in [1.54, 1.807) is 20.3 Å². The van der Waals surface area contributed by atoms with Crippen LogP contribution in [0.1, 0.15) is 17.3 Å². The molecule has 2 heterocycles. The van der Waals surface area contributed by atoms with E-state index in [1.807, 2.05) is 31.3 Å². The summed E-state index contributed by atoms with van der Waals surface area (Å²) in [4.78, 5) is 13.9. The first-order valence-corrected chi connectivity index (χ1v) is 9.14. The summed E-state index contributed by atoms with van der Waals surface area (Å²) in [5.41, 5.74) is 2.68. The summed E-state index contributed by atoms with van der Waals surface area (Å²) in [7, 11) is 5.24. The fourth-order valence-electron chi connectivity index (χ4n) is 3.72. The lowest BCUT2D eigenvalue weighted by atomic mass is 9.95. The van der Waals surface area contributed by atoms with Crippen LogP contribution >= 0.6 is 0 Å². The molecule has 8 nitrogen and oxygen atoms in total. The van der Waals surface area contributed by atoms with Crippen molar-refractivity contribution in [3.05, 3.63) is 41.5 Å². The fourth-order valence-corrected chi connectivity index (χ4v) is 3.72. The van der Waals surface area contributed by atoms with E-state index >= 15 is 0 Å². The highest BCUT2D eigenvalue weighted by Gasteiger charge is 2.37. The fraction of sp³-hybridized carbons (Fsp3) is 0.350. The third-order valence-electron chi connectivity index (χ3n) is 5.12. The van der Waals surface area contributed by atoms with Crippen LogP contribution in [0.3, 0.4) is 0 Å². The first-order chi connectivity index (χ1) is 13.6. The van der Waals surface area contributed by atoms with Gasteiger partial charge in [0, 0.05) is 18.2 Å². The molecule has 0 saturated heterocycles. The lowest BCUT2D eigenvalue weighted by molar-refractivity contribution is -0.917. The molecule has 1 unspecified atom stereocenters. The molecule has 148 valence electrons. The smallest absolute Gasteiger partial charge is 0.324 e. The monoisotopic (exact) mass is 386 g/mol. The molecule has 2 aromatic rings. The summed E-state index contributed by atoms with van der Waals surface area (Å²) in [5, 5.41) is 5.94. The largest absolute Gasteiger partial charge is 0.497 e. The predicted octanol–water partition coefficient (Wildman–Crippen LogP) is 1.32. The zero-order chi connectivity index (χ0) is 19.7. The third kappa shape index (κ3) is 3.27. The zero-order valence-electron chi connectivity index (χ0n) is 16.1. The van der Waals surface area contributed by atoms with Crippen molar-refractivity contribution in [1.29, 1.82) is 0 Å². The lowest BCUT2D eigenvalue weighted by Crippen LogP contribution is -3.12. The Labute approximate surface area is 163 Å². The lowest BCUT2D eigenvalue weighted by Gasteiger charge is -2.33. The second-order valence-corrected chi connectivity index (χ2v) is 6.83. The molecule has 2 aromatic carbocycles. The highest BCUT2D eigenvalue weighted by Crippen LogP contribution is 2.46. The minimum absolute atomic E-state index is 0.172. The Balaban J connectivity index is 1.61. The van der Waals surface area contributed by atoms with Gasteiger partial charge in [-0.05, 0) is 23.8 Å². The molecule has 2 aliphatic rings. The van der Waals surface area contributed by atoms with Crippen LogP contribution in [-0.2, 0) is 6.42 Å². The number of carbonyl (C=O) groups is 1. The van der Waals surface area contributed by atoms with Gasteiger partial charge in [0.15, 0.2) is 17.7 Å². The number of amides is 2. The predicted molar refractivity (Wildman–Crippen MR) is 102 cm³/mol. The Morgan fingerprint density at radius 3 is 2.86 bits per heavy atom. The number of anilines is 1. The van der Waals surface area contributed by atoms with Crippen LogP contribution in [0.2, 0.25) is 0 Å². The number of ether oxygens (including phenoxy) is 4. The molecule has 2 amide bonds. The summed E-state index contributed by atoms with van der Waals surface area (Å²) in [5.74, 6) is 2.58. The molecular weight excluding hydrogens is 362 g/mol. The van der Waals surface area contributed by atoms with Crippen molar-refractivity contribution >= 4 is 11.7 Å². The third-order valence-corrected chi connectivity index (χ3v) is 5.12. The first-order valence-electron chi connectivity index (χ1n) is 9.14. The van der Waals surface area contributed by atoms with Crippen LogP contribution in [0.25, 0.3) is 0 Å². The van der Waals surface area contributed by atoms with E-state index in [-0.39, 0.29) is 19.0 Å². The minimum atomic E-state index is -0.301. The van der Waals surface area contributed by atoms with E-state index in [0.717, 1.165) is 29.0 Å². The molecule has 0 saturated carbocycles.